The van der Waals surface area contributed by atoms with Crippen molar-refractivity contribution in [1.82, 2.24) is 4.98 Å². The van der Waals surface area contributed by atoms with E-state index >= 15 is 0 Å². The average Bonchev–Trinajstić information content (AvgIpc) is 3.03. The van der Waals surface area contributed by atoms with Gasteiger partial charge in [-0.05, 0) is 43.5 Å². The number of para-hydroxylation sites is 1. The number of carbonyl (C=O) groups excluding carboxylic acids is 1. The topological polar surface area (TPSA) is 54.0 Å². The van der Waals surface area contributed by atoms with Crippen LogP contribution in [0.3, 0.4) is 0 Å². The fourth-order valence-electron chi connectivity index (χ4n) is 2.82. The summed E-state index contributed by atoms with van der Waals surface area (Å²) in [4.78, 5) is 16.5. The van der Waals surface area contributed by atoms with E-state index in [0.29, 0.717) is 11.7 Å². The van der Waals surface area contributed by atoms with E-state index in [0.717, 1.165) is 16.9 Å². The highest BCUT2D eigenvalue weighted by Gasteiger charge is 2.15. The first kappa shape index (κ1) is 14.6. The molecular formula is C18H21N3O. The lowest BCUT2D eigenvalue weighted by atomic mass is 10.2. The van der Waals surface area contributed by atoms with Gasteiger partial charge < -0.3 is 10.6 Å². The minimum atomic E-state index is -0.179. The number of hydrogen-bond acceptors (Lipinski definition) is 3. The normalized spacial score (nSPS) is 14.8. The van der Waals surface area contributed by atoms with Crippen LogP contribution in [-0.2, 0) is 0 Å². The third-order valence-electron chi connectivity index (χ3n) is 4.12. The summed E-state index contributed by atoms with van der Waals surface area (Å²) in [6.45, 7) is 1.97. The molecule has 0 aliphatic heterocycles. The molecule has 1 aliphatic carbocycles. The van der Waals surface area contributed by atoms with E-state index in [-0.39, 0.29) is 5.91 Å². The van der Waals surface area contributed by atoms with E-state index in [4.69, 9.17) is 0 Å². The molecule has 0 unspecified atom stereocenters. The Kier molecular flexibility index (Phi) is 4.37. The van der Waals surface area contributed by atoms with Gasteiger partial charge in [0.2, 0.25) is 0 Å². The van der Waals surface area contributed by atoms with Crippen LogP contribution in [0.25, 0.3) is 0 Å². The SMILES string of the molecule is Cc1ccccc1NC(=O)c1ccc(NC2CCCC2)cn1. The summed E-state index contributed by atoms with van der Waals surface area (Å²) in [6, 6.07) is 12.0. The highest BCUT2D eigenvalue weighted by atomic mass is 16.1. The zero-order chi connectivity index (χ0) is 15.4. The molecule has 4 heteroatoms. The fraction of sp³-hybridized carbons (Fsp3) is 0.333. The molecule has 2 N–H and O–H groups in total. The van der Waals surface area contributed by atoms with Gasteiger partial charge in [0, 0.05) is 11.7 Å². The second-order valence-corrected chi connectivity index (χ2v) is 5.83. The number of anilines is 2. The van der Waals surface area contributed by atoms with Crippen LogP contribution in [0.2, 0.25) is 0 Å². The Hall–Kier alpha value is -2.36. The number of rotatable bonds is 4. The number of hydrogen-bond donors (Lipinski definition) is 2. The maximum absolute atomic E-state index is 12.2. The molecule has 0 bridgehead atoms. The molecule has 114 valence electrons. The second-order valence-electron chi connectivity index (χ2n) is 5.83. The monoisotopic (exact) mass is 295 g/mol. The molecule has 1 aliphatic rings. The van der Waals surface area contributed by atoms with Crippen LogP contribution in [0.5, 0.6) is 0 Å². The quantitative estimate of drug-likeness (QED) is 0.896. The Labute approximate surface area is 131 Å². The molecule has 2 aromatic rings. The second kappa shape index (κ2) is 6.60. The Morgan fingerprint density at radius 1 is 1.14 bits per heavy atom. The highest BCUT2D eigenvalue weighted by molar-refractivity contribution is 6.03. The van der Waals surface area contributed by atoms with Gasteiger partial charge in [-0.25, -0.2) is 4.98 Å². The van der Waals surface area contributed by atoms with Gasteiger partial charge in [-0.15, -0.1) is 0 Å². The number of nitrogens with one attached hydrogen (secondary N) is 2. The summed E-state index contributed by atoms with van der Waals surface area (Å²) in [5, 5.41) is 6.37. The molecule has 0 radical (unpaired) electrons. The molecule has 1 saturated carbocycles. The van der Waals surface area contributed by atoms with E-state index in [2.05, 4.69) is 15.6 Å². The molecule has 1 heterocycles. The summed E-state index contributed by atoms with van der Waals surface area (Å²) < 4.78 is 0. The minimum absolute atomic E-state index is 0.179. The van der Waals surface area contributed by atoms with E-state index in [1.54, 1.807) is 12.3 Å². The average molecular weight is 295 g/mol. The number of nitrogens with zero attached hydrogens (tertiary/aromatic N) is 1. The third kappa shape index (κ3) is 3.45. The molecule has 0 atom stereocenters. The Bertz CT molecular complexity index is 646. The largest absolute Gasteiger partial charge is 0.381 e. The Balaban J connectivity index is 1.64. The lowest BCUT2D eigenvalue weighted by Crippen LogP contribution is -2.16. The number of amides is 1. The number of aryl methyl sites for hydroxylation is 1. The predicted octanol–water partition coefficient (Wildman–Crippen LogP) is 4.00. The van der Waals surface area contributed by atoms with Crippen molar-refractivity contribution in [3.05, 3.63) is 53.9 Å². The van der Waals surface area contributed by atoms with Crippen molar-refractivity contribution in [1.29, 1.82) is 0 Å². The van der Waals surface area contributed by atoms with Gasteiger partial charge >= 0.3 is 0 Å². The number of aromatic nitrogens is 1. The van der Waals surface area contributed by atoms with Crippen molar-refractivity contribution < 1.29 is 4.79 Å². The van der Waals surface area contributed by atoms with Gasteiger partial charge in [0.05, 0.1) is 11.9 Å². The van der Waals surface area contributed by atoms with Crippen LogP contribution in [0.1, 0.15) is 41.7 Å². The summed E-state index contributed by atoms with van der Waals surface area (Å²) >= 11 is 0. The summed E-state index contributed by atoms with van der Waals surface area (Å²) in [5.41, 5.74) is 3.28. The molecule has 1 amide bonds. The van der Waals surface area contributed by atoms with Crippen LogP contribution in [-0.4, -0.2) is 16.9 Å². The number of pyridine rings is 1. The van der Waals surface area contributed by atoms with Gasteiger partial charge in [0.1, 0.15) is 5.69 Å². The predicted molar refractivity (Wildman–Crippen MR) is 89.2 cm³/mol. The first-order chi connectivity index (χ1) is 10.7. The number of carbonyl (C=O) groups is 1. The molecule has 1 fully saturated rings. The first-order valence-corrected chi connectivity index (χ1v) is 7.82. The number of benzene rings is 1. The van der Waals surface area contributed by atoms with Crippen molar-refractivity contribution in [3.63, 3.8) is 0 Å². The Morgan fingerprint density at radius 3 is 2.59 bits per heavy atom. The van der Waals surface area contributed by atoms with Gasteiger partial charge in [-0.1, -0.05) is 31.0 Å². The van der Waals surface area contributed by atoms with Crippen LogP contribution < -0.4 is 10.6 Å². The van der Waals surface area contributed by atoms with E-state index in [1.807, 2.05) is 37.3 Å². The van der Waals surface area contributed by atoms with Crippen molar-refractivity contribution in [2.45, 2.75) is 38.6 Å². The van der Waals surface area contributed by atoms with Gasteiger partial charge in [0.15, 0.2) is 0 Å². The van der Waals surface area contributed by atoms with E-state index in [1.165, 1.54) is 25.7 Å². The molecule has 0 saturated heterocycles. The maximum Gasteiger partial charge on any atom is 0.274 e. The zero-order valence-corrected chi connectivity index (χ0v) is 12.8. The summed E-state index contributed by atoms with van der Waals surface area (Å²) in [6.07, 6.45) is 6.76. The molecule has 0 spiro atoms. The lowest BCUT2D eigenvalue weighted by Gasteiger charge is -2.13. The standard InChI is InChI=1S/C18H21N3O/c1-13-6-2-5-9-16(13)21-18(22)17-11-10-15(12-19-17)20-14-7-3-4-8-14/h2,5-6,9-12,14,20H,3-4,7-8H2,1H3,(H,21,22). The summed E-state index contributed by atoms with van der Waals surface area (Å²) in [7, 11) is 0. The van der Waals surface area contributed by atoms with Crippen molar-refractivity contribution >= 4 is 17.3 Å². The molecule has 22 heavy (non-hydrogen) atoms. The van der Waals surface area contributed by atoms with Gasteiger partial charge in [0.25, 0.3) is 5.91 Å². The smallest absolute Gasteiger partial charge is 0.274 e. The van der Waals surface area contributed by atoms with Crippen molar-refractivity contribution in [2.75, 3.05) is 10.6 Å². The van der Waals surface area contributed by atoms with E-state index in [9.17, 15) is 4.79 Å². The molecule has 3 rings (SSSR count). The molecule has 1 aromatic carbocycles. The van der Waals surface area contributed by atoms with Crippen LogP contribution in [0.4, 0.5) is 11.4 Å². The van der Waals surface area contributed by atoms with Gasteiger partial charge in [-0.2, -0.15) is 0 Å². The van der Waals surface area contributed by atoms with Crippen LogP contribution in [0, 0.1) is 6.92 Å². The fourth-order valence-corrected chi connectivity index (χ4v) is 2.82. The Morgan fingerprint density at radius 2 is 1.91 bits per heavy atom. The zero-order valence-electron chi connectivity index (χ0n) is 12.8. The van der Waals surface area contributed by atoms with Gasteiger partial charge in [-0.3, -0.25) is 4.79 Å². The summed E-state index contributed by atoms with van der Waals surface area (Å²) in [5.74, 6) is -0.179. The minimum Gasteiger partial charge on any atom is -0.381 e. The maximum atomic E-state index is 12.2. The van der Waals surface area contributed by atoms with Crippen molar-refractivity contribution in [3.8, 4) is 0 Å². The molecule has 1 aromatic heterocycles. The van der Waals surface area contributed by atoms with E-state index < -0.39 is 0 Å². The van der Waals surface area contributed by atoms with Crippen LogP contribution >= 0.6 is 0 Å². The molecular weight excluding hydrogens is 274 g/mol. The van der Waals surface area contributed by atoms with Crippen molar-refractivity contribution in [2.24, 2.45) is 0 Å². The highest BCUT2D eigenvalue weighted by Crippen LogP contribution is 2.22. The first-order valence-electron chi connectivity index (χ1n) is 7.82. The molecule has 4 nitrogen and oxygen atoms in total. The third-order valence-corrected chi connectivity index (χ3v) is 4.12. The van der Waals surface area contributed by atoms with Crippen LogP contribution in [0.15, 0.2) is 42.6 Å². The lowest BCUT2D eigenvalue weighted by molar-refractivity contribution is 0.102.